The standard InChI is InChI=1S/C22H18ClFN2O3/c23-18-8-10-20(11-9-18)26-22(27)15-29-25-13-17-5-1-2-7-21(17)28-14-16-4-3-6-19(24)12-16/h1-13H,14-15H2,(H,26,27). The molecule has 0 radical (unpaired) electrons. The molecule has 7 heteroatoms. The second kappa shape index (κ2) is 10.2. The third-order valence-corrected chi connectivity index (χ3v) is 4.04. The van der Waals surface area contributed by atoms with Crippen molar-refractivity contribution >= 4 is 29.4 Å². The first-order valence-electron chi connectivity index (χ1n) is 8.77. The zero-order valence-corrected chi connectivity index (χ0v) is 16.1. The zero-order valence-electron chi connectivity index (χ0n) is 15.3. The molecule has 0 spiro atoms. The van der Waals surface area contributed by atoms with Gasteiger partial charge in [-0.1, -0.05) is 41.0 Å². The summed E-state index contributed by atoms with van der Waals surface area (Å²) in [5.74, 6) is -0.0962. The van der Waals surface area contributed by atoms with E-state index < -0.39 is 0 Å². The van der Waals surface area contributed by atoms with Crippen molar-refractivity contribution in [3.8, 4) is 5.75 Å². The number of oxime groups is 1. The van der Waals surface area contributed by atoms with E-state index in [1.807, 2.05) is 12.1 Å². The van der Waals surface area contributed by atoms with Crippen LogP contribution in [0.3, 0.4) is 0 Å². The second-order valence-corrected chi connectivity index (χ2v) is 6.46. The molecule has 0 atom stereocenters. The summed E-state index contributed by atoms with van der Waals surface area (Å²) >= 11 is 5.80. The zero-order chi connectivity index (χ0) is 20.5. The minimum absolute atomic E-state index is 0.215. The average Bonchev–Trinajstić information content (AvgIpc) is 2.72. The Bertz CT molecular complexity index is 993. The third-order valence-electron chi connectivity index (χ3n) is 3.79. The maximum atomic E-state index is 13.3. The first-order valence-corrected chi connectivity index (χ1v) is 9.15. The summed E-state index contributed by atoms with van der Waals surface area (Å²) in [4.78, 5) is 16.9. The highest BCUT2D eigenvalue weighted by Crippen LogP contribution is 2.18. The van der Waals surface area contributed by atoms with Crippen LogP contribution in [0, 0.1) is 5.82 Å². The maximum Gasteiger partial charge on any atom is 0.265 e. The molecule has 1 N–H and O–H groups in total. The number of benzene rings is 3. The molecule has 0 bridgehead atoms. The number of nitrogens with zero attached hydrogens (tertiary/aromatic N) is 1. The molecule has 29 heavy (non-hydrogen) atoms. The van der Waals surface area contributed by atoms with Crippen LogP contribution < -0.4 is 10.1 Å². The topological polar surface area (TPSA) is 59.9 Å². The predicted molar refractivity (Wildman–Crippen MR) is 111 cm³/mol. The van der Waals surface area contributed by atoms with E-state index in [-0.39, 0.29) is 24.9 Å². The largest absolute Gasteiger partial charge is 0.488 e. The number of ether oxygens (including phenoxy) is 1. The lowest BCUT2D eigenvalue weighted by molar-refractivity contribution is -0.120. The Morgan fingerprint density at radius 2 is 1.86 bits per heavy atom. The van der Waals surface area contributed by atoms with Crippen LogP contribution >= 0.6 is 11.6 Å². The Morgan fingerprint density at radius 1 is 1.07 bits per heavy atom. The van der Waals surface area contributed by atoms with Crippen LogP contribution in [0.1, 0.15) is 11.1 Å². The molecule has 0 aliphatic rings. The van der Waals surface area contributed by atoms with E-state index in [2.05, 4.69) is 10.5 Å². The Kier molecular flexibility index (Phi) is 7.19. The molecular weight excluding hydrogens is 395 g/mol. The van der Waals surface area contributed by atoms with Gasteiger partial charge < -0.3 is 14.9 Å². The van der Waals surface area contributed by atoms with Crippen LogP contribution in [-0.2, 0) is 16.2 Å². The van der Waals surface area contributed by atoms with Crippen molar-refractivity contribution < 1.29 is 18.8 Å². The molecule has 3 aromatic rings. The van der Waals surface area contributed by atoms with Gasteiger partial charge in [0.25, 0.3) is 5.91 Å². The molecule has 0 fully saturated rings. The molecule has 3 rings (SSSR count). The van der Waals surface area contributed by atoms with E-state index in [4.69, 9.17) is 21.2 Å². The third kappa shape index (κ3) is 6.62. The van der Waals surface area contributed by atoms with Crippen molar-refractivity contribution in [2.75, 3.05) is 11.9 Å². The van der Waals surface area contributed by atoms with Gasteiger partial charge >= 0.3 is 0 Å². The molecule has 0 heterocycles. The second-order valence-electron chi connectivity index (χ2n) is 6.02. The normalized spacial score (nSPS) is 10.7. The fourth-order valence-electron chi connectivity index (χ4n) is 2.43. The quantitative estimate of drug-likeness (QED) is 0.416. The molecule has 0 saturated carbocycles. The molecule has 148 valence electrons. The van der Waals surface area contributed by atoms with Gasteiger partial charge in [-0.2, -0.15) is 0 Å². The van der Waals surface area contributed by atoms with E-state index in [0.29, 0.717) is 27.6 Å². The van der Waals surface area contributed by atoms with Gasteiger partial charge in [0, 0.05) is 16.3 Å². The first-order chi connectivity index (χ1) is 14.1. The highest BCUT2D eigenvalue weighted by Gasteiger charge is 2.04. The van der Waals surface area contributed by atoms with Gasteiger partial charge in [0.15, 0.2) is 6.61 Å². The number of amides is 1. The summed E-state index contributed by atoms with van der Waals surface area (Å²) in [6.45, 7) is -0.0294. The number of para-hydroxylation sites is 1. The Hall–Kier alpha value is -3.38. The fraction of sp³-hybridized carbons (Fsp3) is 0.0909. The summed E-state index contributed by atoms with van der Waals surface area (Å²) in [5.41, 5.74) is 2.00. The number of hydrogen-bond donors (Lipinski definition) is 1. The molecular formula is C22H18ClFN2O3. The van der Waals surface area contributed by atoms with E-state index in [9.17, 15) is 9.18 Å². The average molecular weight is 413 g/mol. The van der Waals surface area contributed by atoms with Crippen LogP contribution in [0.25, 0.3) is 0 Å². The first kappa shape index (κ1) is 20.4. The van der Waals surface area contributed by atoms with Crippen LogP contribution in [-0.4, -0.2) is 18.7 Å². The number of halogens is 2. The number of hydrogen-bond acceptors (Lipinski definition) is 4. The minimum Gasteiger partial charge on any atom is -0.488 e. The van der Waals surface area contributed by atoms with E-state index in [0.717, 1.165) is 0 Å². The molecule has 0 aromatic heterocycles. The molecule has 0 aliphatic heterocycles. The number of anilines is 1. The van der Waals surface area contributed by atoms with Crippen LogP contribution in [0.2, 0.25) is 5.02 Å². The lowest BCUT2D eigenvalue weighted by Gasteiger charge is -2.09. The van der Waals surface area contributed by atoms with Gasteiger partial charge in [-0.05, 0) is 54.1 Å². The van der Waals surface area contributed by atoms with Crippen molar-refractivity contribution in [3.05, 3.63) is 94.8 Å². The van der Waals surface area contributed by atoms with Gasteiger partial charge in [0.2, 0.25) is 0 Å². The summed E-state index contributed by atoms with van der Waals surface area (Å²) in [6.07, 6.45) is 1.45. The molecule has 0 saturated heterocycles. The highest BCUT2D eigenvalue weighted by molar-refractivity contribution is 6.30. The van der Waals surface area contributed by atoms with Gasteiger partial charge in [-0.15, -0.1) is 0 Å². The van der Waals surface area contributed by atoms with Gasteiger partial charge in [-0.25, -0.2) is 4.39 Å². The van der Waals surface area contributed by atoms with Gasteiger partial charge in [0.1, 0.15) is 18.2 Å². The van der Waals surface area contributed by atoms with Crippen LogP contribution in [0.15, 0.2) is 78.0 Å². The highest BCUT2D eigenvalue weighted by atomic mass is 35.5. The fourth-order valence-corrected chi connectivity index (χ4v) is 2.55. The lowest BCUT2D eigenvalue weighted by atomic mass is 10.2. The number of carbonyl (C=O) groups is 1. The molecule has 1 amide bonds. The molecule has 5 nitrogen and oxygen atoms in total. The molecule has 3 aromatic carbocycles. The number of carbonyl (C=O) groups excluding carboxylic acids is 1. The Labute approximate surface area is 172 Å². The summed E-state index contributed by atoms with van der Waals surface area (Å²) in [7, 11) is 0. The van der Waals surface area contributed by atoms with Gasteiger partial charge in [-0.3, -0.25) is 4.79 Å². The van der Waals surface area contributed by atoms with E-state index in [1.165, 1.54) is 18.3 Å². The monoisotopic (exact) mass is 412 g/mol. The van der Waals surface area contributed by atoms with Crippen molar-refractivity contribution in [1.82, 2.24) is 0 Å². The van der Waals surface area contributed by atoms with Crippen molar-refractivity contribution in [3.63, 3.8) is 0 Å². The lowest BCUT2D eigenvalue weighted by Crippen LogP contribution is -2.16. The Balaban J connectivity index is 1.51. The van der Waals surface area contributed by atoms with E-state index >= 15 is 0 Å². The SMILES string of the molecule is O=C(CON=Cc1ccccc1OCc1cccc(F)c1)Nc1ccc(Cl)cc1. The summed E-state index contributed by atoms with van der Waals surface area (Å²) in [6, 6.07) is 20.1. The minimum atomic E-state index is -0.347. The smallest absolute Gasteiger partial charge is 0.265 e. The van der Waals surface area contributed by atoms with Crippen molar-refractivity contribution in [1.29, 1.82) is 0 Å². The Morgan fingerprint density at radius 3 is 2.66 bits per heavy atom. The van der Waals surface area contributed by atoms with Gasteiger partial charge in [0.05, 0.1) is 6.21 Å². The summed E-state index contributed by atoms with van der Waals surface area (Å²) in [5, 5.41) is 7.08. The van der Waals surface area contributed by atoms with Crippen LogP contribution in [0.4, 0.5) is 10.1 Å². The molecule has 0 unspecified atom stereocenters. The number of nitrogens with one attached hydrogen (secondary N) is 1. The van der Waals surface area contributed by atoms with E-state index in [1.54, 1.807) is 48.5 Å². The molecule has 0 aliphatic carbocycles. The van der Waals surface area contributed by atoms with Crippen molar-refractivity contribution in [2.24, 2.45) is 5.16 Å². The van der Waals surface area contributed by atoms with Crippen LogP contribution in [0.5, 0.6) is 5.75 Å². The summed E-state index contributed by atoms with van der Waals surface area (Å²) < 4.78 is 19.0. The predicted octanol–water partition coefficient (Wildman–Crippen LogP) is 5.05. The maximum absolute atomic E-state index is 13.3. The number of rotatable bonds is 8. The van der Waals surface area contributed by atoms with Crippen molar-refractivity contribution in [2.45, 2.75) is 6.61 Å².